The quantitative estimate of drug-likeness (QED) is 0.321. The zero-order chi connectivity index (χ0) is 39.5. The summed E-state index contributed by atoms with van der Waals surface area (Å²) in [6, 6.07) is -3.54. The Morgan fingerprint density at radius 2 is 1.56 bits per heavy atom. The van der Waals surface area contributed by atoms with E-state index in [-0.39, 0.29) is 40.1 Å². The fraction of sp³-hybridized carbons (Fsp3) is 0.462. The average Bonchev–Trinajstić information content (AvgIpc) is 2.95. The molecule has 0 aromatic heterocycles. The molecule has 1 aliphatic heterocycles. The van der Waals surface area contributed by atoms with Gasteiger partial charge >= 0.3 is 30.7 Å². The Labute approximate surface area is 242 Å². The molecule has 2 atom stereocenters. The third kappa shape index (κ3) is 6.99. The molecule has 2 aromatic rings. The number of halogens is 9. The van der Waals surface area contributed by atoms with E-state index in [0.29, 0.717) is 13.2 Å². The number of nitrogens with zero attached hydrogens (tertiary/aromatic N) is 2. The van der Waals surface area contributed by atoms with Crippen molar-refractivity contribution in [3.05, 3.63) is 64.2 Å². The number of ether oxygens (including phenoxy) is 2. The first-order chi connectivity index (χ1) is 22.7. The normalized spacial score (nSPS) is 22.5. The fourth-order valence-corrected chi connectivity index (χ4v) is 4.29. The van der Waals surface area contributed by atoms with Crippen LogP contribution in [0.3, 0.4) is 0 Å². The number of rotatable bonds is 5. The molecule has 0 spiro atoms. The van der Waals surface area contributed by atoms with Gasteiger partial charge in [0, 0.05) is 23.6 Å². The van der Waals surface area contributed by atoms with Crippen LogP contribution < -0.4 is 4.90 Å². The topological polar surface area (TPSA) is 59.1 Å². The number of fused-ring (bicyclic) bond motifs is 1. The third-order valence-electron chi connectivity index (χ3n) is 6.02. The van der Waals surface area contributed by atoms with Gasteiger partial charge in [0.1, 0.15) is 0 Å². The van der Waals surface area contributed by atoms with E-state index in [9.17, 15) is 49.1 Å². The summed E-state index contributed by atoms with van der Waals surface area (Å²) in [4.78, 5) is 26.9. The van der Waals surface area contributed by atoms with Crippen LogP contribution >= 0.6 is 0 Å². The Hall–Kier alpha value is -3.65. The zero-order valence-electron chi connectivity index (χ0n) is 30.5. The molecule has 226 valence electrons. The van der Waals surface area contributed by atoms with E-state index in [0.717, 1.165) is 0 Å². The van der Waals surface area contributed by atoms with Gasteiger partial charge in [-0.05, 0) is 67.2 Å². The van der Waals surface area contributed by atoms with Crippen molar-refractivity contribution in [3.63, 3.8) is 0 Å². The molecule has 0 N–H and O–H groups in total. The lowest BCUT2D eigenvalue weighted by atomic mass is 9.87. The SMILES string of the molecule is [2H]C([2H])([2H])C([2H])([2H])OC(=O)N1c2ccc(C(F)(F)F)cc2[C@@H](N(Cc2cc(C(F)(F)F)cc(C(F)(F)F)c2)C(=O)OC)C[C@@H]1C([2H])([2H])C([2H])([2H])[2H]. The fourth-order valence-electron chi connectivity index (χ4n) is 4.29. The molecule has 0 saturated carbocycles. The van der Waals surface area contributed by atoms with Crippen molar-refractivity contribution >= 4 is 17.9 Å². The maximum absolute atomic E-state index is 13.9. The first-order valence-corrected chi connectivity index (χ1v) is 11.1. The second-order valence-electron chi connectivity index (χ2n) is 8.54. The highest BCUT2D eigenvalue weighted by Crippen LogP contribution is 2.45. The lowest BCUT2D eigenvalue weighted by molar-refractivity contribution is -0.143. The van der Waals surface area contributed by atoms with E-state index in [2.05, 4.69) is 9.47 Å². The van der Waals surface area contributed by atoms with Gasteiger partial charge in [-0.25, -0.2) is 9.59 Å². The van der Waals surface area contributed by atoms with Crippen LogP contribution in [0, 0.1) is 0 Å². The van der Waals surface area contributed by atoms with E-state index in [4.69, 9.17) is 13.7 Å². The number of carbonyl (C=O) groups is 2. The van der Waals surface area contributed by atoms with Crippen LogP contribution in [0.25, 0.3) is 0 Å². The largest absolute Gasteiger partial charge is 0.453 e. The predicted molar refractivity (Wildman–Crippen MR) is 127 cm³/mol. The highest BCUT2D eigenvalue weighted by molar-refractivity contribution is 5.90. The number of anilines is 1. The van der Waals surface area contributed by atoms with E-state index >= 15 is 0 Å². The van der Waals surface area contributed by atoms with Crippen molar-refractivity contribution in [2.45, 2.75) is 63.7 Å². The second-order valence-corrected chi connectivity index (χ2v) is 8.54. The van der Waals surface area contributed by atoms with Gasteiger partial charge in [-0.2, -0.15) is 39.5 Å². The highest BCUT2D eigenvalue weighted by Gasteiger charge is 2.43. The molecular formula is C26H25F9N2O4. The lowest BCUT2D eigenvalue weighted by Crippen LogP contribution is -2.48. The smallest absolute Gasteiger partial charge is 0.416 e. The summed E-state index contributed by atoms with van der Waals surface area (Å²) in [7, 11) is 0.665. The summed E-state index contributed by atoms with van der Waals surface area (Å²) < 4.78 is 210. The Morgan fingerprint density at radius 3 is 2.07 bits per heavy atom. The predicted octanol–water partition coefficient (Wildman–Crippen LogP) is 8.20. The van der Waals surface area contributed by atoms with E-state index in [1.54, 1.807) is 0 Å². The Balaban J connectivity index is 2.40. The molecule has 0 unspecified atom stereocenters. The molecule has 0 aliphatic carbocycles. The van der Waals surface area contributed by atoms with E-state index < -0.39 is 116 Å². The van der Waals surface area contributed by atoms with E-state index in [1.807, 2.05) is 0 Å². The zero-order valence-corrected chi connectivity index (χ0v) is 20.5. The summed E-state index contributed by atoms with van der Waals surface area (Å²) in [5.41, 5.74) is -7.92. The van der Waals surface area contributed by atoms with Crippen molar-refractivity contribution in [1.82, 2.24) is 4.90 Å². The average molecular weight is 611 g/mol. The number of methoxy groups -OCH3 is 1. The van der Waals surface area contributed by atoms with Gasteiger partial charge < -0.3 is 9.47 Å². The Kier molecular flexibility index (Phi) is 5.77. The third-order valence-corrected chi connectivity index (χ3v) is 6.02. The number of benzene rings is 2. The summed E-state index contributed by atoms with van der Waals surface area (Å²) in [6.07, 6.45) is -24.7. The minimum Gasteiger partial charge on any atom is -0.453 e. The molecular weight excluding hydrogens is 575 g/mol. The maximum Gasteiger partial charge on any atom is 0.416 e. The molecule has 2 aromatic carbocycles. The molecule has 0 saturated heterocycles. The van der Waals surface area contributed by atoms with Crippen LogP contribution in [0.15, 0.2) is 36.4 Å². The van der Waals surface area contributed by atoms with Gasteiger partial charge in [0.15, 0.2) is 0 Å². The number of amides is 2. The molecule has 6 nitrogen and oxygen atoms in total. The van der Waals surface area contributed by atoms with Gasteiger partial charge in [-0.1, -0.05) is 6.85 Å². The van der Waals surface area contributed by atoms with Gasteiger partial charge in [0.2, 0.25) is 0 Å². The van der Waals surface area contributed by atoms with Crippen molar-refractivity contribution in [3.8, 4) is 0 Å². The summed E-state index contributed by atoms with van der Waals surface area (Å²) in [5.74, 6) is 0. The van der Waals surface area contributed by atoms with Crippen molar-refractivity contribution in [2.75, 3.05) is 18.6 Å². The highest BCUT2D eigenvalue weighted by atomic mass is 19.4. The van der Waals surface area contributed by atoms with Gasteiger partial charge in [0.05, 0.1) is 44.8 Å². The maximum atomic E-state index is 13.9. The molecule has 1 heterocycles. The van der Waals surface area contributed by atoms with Crippen LogP contribution in [0.5, 0.6) is 0 Å². The monoisotopic (exact) mass is 610 g/mol. The molecule has 2 amide bonds. The standard InChI is InChI=1S/C26H25F9N2O4/c1-4-18-12-21(19-11-15(24(27,28)29)6-7-20(19)37(18)23(39)41-5-2)36(22(38)40-3)13-14-8-16(25(30,31)32)10-17(9-14)26(33,34)35/h6-11,18,21H,4-5,12-13H2,1-3H3/t18-,21-/m0/s1/i1D3,2D3,4D2,5D2. The molecule has 0 fully saturated rings. The summed E-state index contributed by atoms with van der Waals surface area (Å²) in [5, 5.41) is 0. The molecule has 3 rings (SSSR count). The van der Waals surface area contributed by atoms with Gasteiger partial charge in [-0.3, -0.25) is 9.80 Å². The molecule has 1 aliphatic rings. The number of carbonyl (C=O) groups excluding carboxylic acids is 2. The van der Waals surface area contributed by atoms with E-state index in [1.165, 1.54) is 0 Å². The first kappa shape index (κ1) is 20.3. The van der Waals surface area contributed by atoms with Crippen molar-refractivity contribution in [2.24, 2.45) is 0 Å². The summed E-state index contributed by atoms with van der Waals surface area (Å²) >= 11 is 0. The lowest BCUT2D eigenvalue weighted by Gasteiger charge is -2.43. The minimum atomic E-state index is -5.38. The molecule has 15 heteroatoms. The minimum absolute atomic E-state index is 0.0173. The van der Waals surface area contributed by atoms with Crippen molar-refractivity contribution < 1.29 is 72.3 Å². The molecule has 0 radical (unpaired) electrons. The Morgan fingerprint density at radius 1 is 0.951 bits per heavy atom. The number of hydrogen-bond donors (Lipinski definition) is 0. The van der Waals surface area contributed by atoms with Gasteiger partial charge in [0.25, 0.3) is 0 Å². The first-order valence-electron chi connectivity index (χ1n) is 16.1. The van der Waals surface area contributed by atoms with Crippen LogP contribution in [0.4, 0.5) is 54.8 Å². The van der Waals surface area contributed by atoms with Gasteiger partial charge in [-0.15, -0.1) is 0 Å². The van der Waals surface area contributed by atoms with Crippen LogP contribution in [0.1, 0.15) is 74.1 Å². The van der Waals surface area contributed by atoms with Crippen LogP contribution in [-0.4, -0.2) is 36.8 Å². The number of hydrogen-bond acceptors (Lipinski definition) is 4. The van der Waals surface area contributed by atoms with Crippen LogP contribution in [0.2, 0.25) is 0 Å². The molecule has 41 heavy (non-hydrogen) atoms. The second kappa shape index (κ2) is 11.7. The Bertz CT molecular complexity index is 1610. The van der Waals surface area contributed by atoms with Crippen LogP contribution in [-0.2, 0) is 34.5 Å². The molecule has 0 bridgehead atoms. The summed E-state index contributed by atoms with van der Waals surface area (Å²) in [6.45, 7) is -12.6. The van der Waals surface area contributed by atoms with Crippen molar-refractivity contribution in [1.29, 1.82) is 0 Å². The number of alkyl halides is 9.